The summed E-state index contributed by atoms with van der Waals surface area (Å²) in [6.07, 6.45) is 0.445. The maximum atomic E-state index is 13.0. The number of nitrogens with one attached hydrogen (secondary N) is 2. The van der Waals surface area contributed by atoms with Crippen LogP contribution in [0.25, 0.3) is 10.9 Å². The summed E-state index contributed by atoms with van der Waals surface area (Å²) in [5, 5.41) is 10.6. The molecular formula is C26H25F3N6O5. The van der Waals surface area contributed by atoms with E-state index < -0.39 is 18.7 Å². The Morgan fingerprint density at radius 3 is 2.58 bits per heavy atom. The van der Waals surface area contributed by atoms with Gasteiger partial charge in [-0.05, 0) is 37.2 Å². The van der Waals surface area contributed by atoms with Crippen LogP contribution in [0.3, 0.4) is 0 Å². The van der Waals surface area contributed by atoms with Gasteiger partial charge in [0.15, 0.2) is 29.5 Å². The van der Waals surface area contributed by atoms with E-state index in [9.17, 15) is 18.0 Å². The Balaban J connectivity index is 1.32. The molecule has 4 heterocycles. The maximum absolute atomic E-state index is 13.0. The van der Waals surface area contributed by atoms with Gasteiger partial charge in [-0.15, -0.1) is 0 Å². The molecule has 0 saturated carbocycles. The van der Waals surface area contributed by atoms with Crippen molar-refractivity contribution in [2.45, 2.75) is 18.6 Å². The van der Waals surface area contributed by atoms with E-state index in [4.69, 9.17) is 18.9 Å². The lowest BCUT2D eigenvalue weighted by atomic mass is 10.2. The SMILES string of the molecule is COc1cc2nccc(Oc3ccc(NC(=O)c4nn(C5CCNC5)cc4OCC(F)(F)F)nc3)c2cc1OC. The topological polar surface area (TPSA) is 122 Å². The minimum absolute atomic E-state index is 0.102. The zero-order valence-corrected chi connectivity index (χ0v) is 21.5. The maximum Gasteiger partial charge on any atom is 0.422 e. The first-order chi connectivity index (χ1) is 19.2. The lowest BCUT2D eigenvalue weighted by molar-refractivity contribution is -0.153. The highest BCUT2D eigenvalue weighted by atomic mass is 19.4. The van der Waals surface area contributed by atoms with Gasteiger partial charge in [0.05, 0.1) is 38.2 Å². The Hall–Kier alpha value is -4.59. The summed E-state index contributed by atoms with van der Waals surface area (Å²) < 4.78 is 61.4. The van der Waals surface area contributed by atoms with Crippen LogP contribution in [0.4, 0.5) is 19.0 Å². The first-order valence-electron chi connectivity index (χ1n) is 12.2. The molecule has 2 N–H and O–H groups in total. The number of rotatable bonds is 9. The molecule has 0 spiro atoms. The molecule has 4 aromatic rings. The number of alkyl halides is 3. The summed E-state index contributed by atoms with van der Waals surface area (Å²) in [5.41, 5.74) is 0.356. The average Bonchev–Trinajstić information content (AvgIpc) is 3.62. The highest BCUT2D eigenvalue weighted by molar-refractivity contribution is 6.04. The number of carbonyl (C=O) groups is 1. The van der Waals surface area contributed by atoms with Crippen molar-refractivity contribution in [2.75, 3.05) is 39.2 Å². The number of aromatic nitrogens is 4. The van der Waals surface area contributed by atoms with Crippen LogP contribution in [0.15, 0.2) is 48.9 Å². The Morgan fingerprint density at radius 1 is 1.10 bits per heavy atom. The third kappa shape index (κ3) is 6.01. The van der Waals surface area contributed by atoms with Crippen LogP contribution >= 0.6 is 0 Å². The van der Waals surface area contributed by atoms with E-state index in [1.54, 1.807) is 30.5 Å². The van der Waals surface area contributed by atoms with E-state index in [2.05, 4.69) is 25.7 Å². The Kier molecular flexibility index (Phi) is 7.60. The Morgan fingerprint density at radius 2 is 1.90 bits per heavy atom. The highest BCUT2D eigenvalue weighted by Gasteiger charge is 2.31. The van der Waals surface area contributed by atoms with E-state index >= 15 is 0 Å². The molecule has 0 aliphatic carbocycles. The highest BCUT2D eigenvalue weighted by Crippen LogP contribution is 2.37. The predicted octanol–water partition coefficient (Wildman–Crippen LogP) is 4.36. The number of methoxy groups -OCH3 is 2. The molecular weight excluding hydrogens is 533 g/mol. The third-order valence-electron chi connectivity index (χ3n) is 6.13. The van der Waals surface area contributed by atoms with Crippen LogP contribution in [-0.4, -0.2) is 65.7 Å². The third-order valence-corrected chi connectivity index (χ3v) is 6.13. The minimum atomic E-state index is -4.57. The number of ether oxygens (including phenoxy) is 4. The number of fused-ring (bicyclic) bond motifs is 1. The summed E-state index contributed by atoms with van der Waals surface area (Å²) in [7, 11) is 3.06. The Bertz CT molecular complexity index is 1500. The van der Waals surface area contributed by atoms with Gasteiger partial charge in [0.25, 0.3) is 5.91 Å². The molecule has 3 aromatic heterocycles. The van der Waals surface area contributed by atoms with Crippen LogP contribution in [0.1, 0.15) is 23.0 Å². The summed E-state index contributed by atoms with van der Waals surface area (Å²) >= 11 is 0. The van der Waals surface area contributed by atoms with Crippen molar-refractivity contribution in [1.82, 2.24) is 25.1 Å². The molecule has 5 rings (SSSR count). The van der Waals surface area contributed by atoms with Gasteiger partial charge < -0.3 is 29.6 Å². The lowest BCUT2D eigenvalue weighted by Crippen LogP contribution is -2.21. The fourth-order valence-corrected chi connectivity index (χ4v) is 4.20. The second kappa shape index (κ2) is 11.3. The zero-order valence-electron chi connectivity index (χ0n) is 21.5. The quantitative estimate of drug-likeness (QED) is 0.309. The molecule has 1 aromatic carbocycles. The van der Waals surface area contributed by atoms with E-state index in [-0.39, 0.29) is 23.3 Å². The van der Waals surface area contributed by atoms with E-state index in [0.29, 0.717) is 40.4 Å². The van der Waals surface area contributed by atoms with Gasteiger partial charge in [-0.2, -0.15) is 18.3 Å². The lowest BCUT2D eigenvalue weighted by Gasteiger charge is -2.12. The van der Waals surface area contributed by atoms with E-state index in [1.165, 1.54) is 37.4 Å². The molecule has 14 heteroatoms. The monoisotopic (exact) mass is 558 g/mol. The number of nitrogens with zero attached hydrogens (tertiary/aromatic N) is 4. The zero-order chi connectivity index (χ0) is 28.3. The van der Waals surface area contributed by atoms with Gasteiger partial charge in [0.2, 0.25) is 0 Å². The normalized spacial score (nSPS) is 15.2. The summed E-state index contributed by atoms with van der Waals surface area (Å²) in [5.74, 6) is 1.01. The summed E-state index contributed by atoms with van der Waals surface area (Å²) in [4.78, 5) is 21.5. The number of benzene rings is 1. The number of hydrogen-bond acceptors (Lipinski definition) is 9. The van der Waals surface area contributed by atoms with E-state index in [0.717, 1.165) is 13.0 Å². The van der Waals surface area contributed by atoms with Crippen molar-refractivity contribution in [3.63, 3.8) is 0 Å². The summed E-state index contributed by atoms with van der Waals surface area (Å²) in [6, 6.07) is 8.14. The largest absolute Gasteiger partial charge is 0.493 e. The van der Waals surface area contributed by atoms with Crippen molar-refractivity contribution < 1.29 is 36.9 Å². The number of anilines is 1. The molecule has 1 amide bonds. The first kappa shape index (κ1) is 27.0. The molecule has 1 fully saturated rings. The van der Waals surface area contributed by atoms with Crippen LogP contribution in [0.5, 0.6) is 28.7 Å². The molecule has 1 aliphatic rings. The smallest absolute Gasteiger partial charge is 0.422 e. The van der Waals surface area contributed by atoms with Gasteiger partial charge in [0, 0.05) is 24.2 Å². The van der Waals surface area contributed by atoms with Crippen LogP contribution in [0, 0.1) is 0 Å². The molecule has 1 unspecified atom stereocenters. The van der Waals surface area contributed by atoms with Crippen LogP contribution in [0.2, 0.25) is 0 Å². The molecule has 40 heavy (non-hydrogen) atoms. The Labute approximate surface area is 226 Å². The van der Waals surface area contributed by atoms with Gasteiger partial charge in [-0.25, -0.2) is 4.98 Å². The van der Waals surface area contributed by atoms with Gasteiger partial charge in [-0.1, -0.05) is 0 Å². The molecule has 11 nitrogen and oxygen atoms in total. The average molecular weight is 559 g/mol. The van der Waals surface area contributed by atoms with Crippen molar-refractivity contribution in [1.29, 1.82) is 0 Å². The van der Waals surface area contributed by atoms with Crippen molar-refractivity contribution in [3.05, 3.63) is 54.6 Å². The second-order valence-electron chi connectivity index (χ2n) is 8.84. The summed E-state index contributed by atoms with van der Waals surface area (Å²) in [6.45, 7) is -0.230. The fraction of sp³-hybridized carbons (Fsp3) is 0.308. The number of carbonyl (C=O) groups excluding carboxylic acids is 1. The second-order valence-corrected chi connectivity index (χ2v) is 8.84. The van der Waals surface area contributed by atoms with Gasteiger partial charge >= 0.3 is 6.18 Å². The van der Waals surface area contributed by atoms with Crippen LogP contribution < -0.4 is 29.6 Å². The van der Waals surface area contributed by atoms with Crippen LogP contribution in [-0.2, 0) is 0 Å². The number of hydrogen-bond donors (Lipinski definition) is 2. The standard InChI is InChI=1S/C26H25F3N6O5/c1-37-20-9-17-18(10-21(20)38-2)31-8-6-19(17)40-16-3-4-23(32-12-16)33-25(36)24-22(39-14-26(27,28)29)13-35(34-24)15-5-7-30-11-15/h3-4,6,8-10,12-13,15,30H,5,7,11,14H2,1-2H3,(H,32,33,36). The molecule has 1 saturated heterocycles. The number of pyridine rings is 2. The fourth-order valence-electron chi connectivity index (χ4n) is 4.20. The van der Waals surface area contributed by atoms with Gasteiger partial charge in [0.1, 0.15) is 17.3 Å². The number of halogens is 3. The molecule has 0 radical (unpaired) electrons. The molecule has 210 valence electrons. The van der Waals surface area contributed by atoms with Crippen molar-refractivity contribution in [3.8, 4) is 28.7 Å². The minimum Gasteiger partial charge on any atom is -0.493 e. The predicted molar refractivity (Wildman–Crippen MR) is 137 cm³/mol. The van der Waals surface area contributed by atoms with E-state index in [1.807, 2.05) is 0 Å². The van der Waals surface area contributed by atoms with Gasteiger partial charge in [-0.3, -0.25) is 14.5 Å². The first-order valence-corrected chi connectivity index (χ1v) is 12.2. The van der Waals surface area contributed by atoms with Crippen molar-refractivity contribution in [2.24, 2.45) is 0 Å². The molecule has 0 bridgehead atoms. The molecule has 1 atom stereocenters. The number of amides is 1. The van der Waals surface area contributed by atoms with Crippen molar-refractivity contribution >= 4 is 22.6 Å². The molecule has 1 aliphatic heterocycles.